The molecule has 0 aliphatic rings. The van der Waals surface area contributed by atoms with Crippen LogP contribution in [0.2, 0.25) is 0 Å². The van der Waals surface area contributed by atoms with Gasteiger partial charge in [-0.25, -0.2) is 10.2 Å². The van der Waals surface area contributed by atoms with Crippen LogP contribution in [0.1, 0.15) is 21.8 Å². The fraction of sp³-hybridized carbons (Fsp3) is 0.158. The molecule has 0 saturated heterocycles. The van der Waals surface area contributed by atoms with E-state index in [1.54, 1.807) is 12.1 Å². The third-order valence-corrected chi connectivity index (χ3v) is 3.75. The summed E-state index contributed by atoms with van der Waals surface area (Å²) < 4.78 is 53.8. The zero-order chi connectivity index (χ0) is 22.4. The molecule has 2 aromatic heterocycles. The number of hydrogen-bond acceptors (Lipinski definition) is 7. The summed E-state index contributed by atoms with van der Waals surface area (Å²) in [6.07, 6.45) is -0.927. The summed E-state index contributed by atoms with van der Waals surface area (Å²) in [5, 5.41) is 7.01. The molecule has 2 heterocycles. The quantitative estimate of drug-likeness (QED) is 0.264. The smallest absolute Gasteiger partial charge is 0.435 e. The number of hydrogen-bond donors (Lipinski definition) is 1. The molecule has 0 aliphatic carbocycles. The number of furan rings is 1. The summed E-state index contributed by atoms with van der Waals surface area (Å²) in [6.45, 7) is -0.446. The number of rotatable bonds is 7. The normalized spacial score (nSPS) is 11.5. The van der Waals surface area contributed by atoms with Crippen molar-refractivity contribution in [3.05, 3.63) is 65.9 Å². The number of esters is 1. The van der Waals surface area contributed by atoms with Crippen LogP contribution in [0.3, 0.4) is 0 Å². The molecular weight excluding hydrogens is 421 g/mol. The van der Waals surface area contributed by atoms with E-state index in [9.17, 15) is 22.8 Å². The summed E-state index contributed by atoms with van der Waals surface area (Å²) in [5.41, 5.74) is 1.58. The van der Waals surface area contributed by atoms with E-state index in [2.05, 4.69) is 15.6 Å². The maximum absolute atomic E-state index is 12.5. The van der Waals surface area contributed by atoms with E-state index in [1.807, 2.05) is 0 Å². The van der Waals surface area contributed by atoms with E-state index in [0.29, 0.717) is 5.56 Å². The molecule has 0 aliphatic heterocycles. The van der Waals surface area contributed by atoms with E-state index >= 15 is 0 Å². The van der Waals surface area contributed by atoms with Gasteiger partial charge in [-0.2, -0.15) is 23.4 Å². The average Bonchev–Trinajstić information content (AvgIpc) is 3.40. The van der Waals surface area contributed by atoms with Crippen molar-refractivity contribution in [1.82, 2.24) is 15.2 Å². The van der Waals surface area contributed by atoms with Crippen LogP contribution >= 0.6 is 0 Å². The highest BCUT2D eigenvalue weighted by Gasteiger charge is 2.33. The van der Waals surface area contributed by atoms with E-state index in [-0.39, 0.29) is 17.3 Å². The second-order valence-corrected chi connectivity index (χ2v) is 5.97. The van der Waals surface area contributed by atoms with Crippen molar-refractivity contribution in [3.8, 4) is 11.5 Å². The lowest BCUT2D eigenvalue weighted by Crippen LogP contribution is -2.23. The van der Waals surface area contributed by atoms with Crippen LogP contribution in [0.25, 0.3) is 0 Å². The minimum Gasteiger partial charge on any atom is -0.493 e. The number of benzene rings is 1. The number of methoxy groups -OCH3 is 1. The van der Waals surface area contributed by atoms with Crippen molar-refractivity contribution >= 4 is 18.1 Å². The highest BCUT2D eigenvalue weighted by atomic mass is 19.4. The van der Waals surface area contributed by atoms with Gasteiger partial charge in [0.05, 0.1) is 19.6 Å². The van der Waals surface area contributed by atoms with Crippen LogP contribution in [0.5, 0.6) is 11.5 Å². The molecule has 3 rings (SSSR count). The molecule has 0 saturated carbocycles. The highest BCUT2D eigenvalue weighted by molar-refractivity contribution is 5.89. The predicted molar refractivity (Wildman–Crippen MR) is 99.6 cm³/mol. The van der Waals surface area contributed by atoms with Gasteiger partial charge in [-0.1, -0.05) is 0 Å². The van der Waals surface area contributed by atoms with E-state index in [4.69, 9.17) is 13.9 Å². The minimum atomic E-state index is -4.59. The SMILES string of the molecule is COc1cc(/C=N/NC(=O)Cn2ccc(C(F)(F)F)n2)ccc1OC(=O)c1ccco1. The van der Waals surface area contributed by atoms with Crippen LogP contribution in [0.15, 0.2) is 58.4 Å². The first-order chi connectivity index (χ1) is 14.8. The van der Waals surface area contributed by atoms with Crippen molar-refractivity contribution in [2.75, 3.05) is 7.11 Å². The fourth-order valence-electron chi connectivity index (χ4n) is 2.36. The second-order valence-electron chi connectivity index (χ2n) is 5.97. The Balaban J connectivity index is 1.58. The fourth-order valence-corrected chi connectivity index (χ4v) is 2.36. The van der Waals surface area contributed by atoms with Gasteiger partial charge < -0.3 is 13.9 Å². The highest BCUT2D eigenvalue weighted by Crippen LogP contribution is 2.28. The molecule has 3 aromatic rings. The molecule has 0 atom stereocenters. The lowest BCUT2D eigenvalue weighted by Gasteiger charge is -2.09. The summed E-state index contributed by atoms with van der Waals surface area (Å²) in [5.74, 6) is -0.987. The van der Waals surface area contributed by atoms with Crippen molar-refractivity contribution < 1.29 is 36.7 Å². The number of carbonyl (C=O) groups excluding carboxylic acids is 2. The van der Waals surface area contributed by atoms with Crippen LogP contribution in [-0.4, -0.2) is 35.0 Å². The maximum Gasteiger partial charge on any atom is 0.435 e. The average molecular weight is 436 g/mol. The zero-order valence-electron chi connectivity index (χ0n) is 15.9. The standard InChI is InChI=1S/C19H15F3N4O5/c1-29-15-9-12(4-5-13(15)31-18(28)14-3-2-8-30-14)10-23-24-17(27)11-26-7-6-16(25-26)19(20,21)22/h2-10H,11H2,1H3,(H,24,27)/b23-10+. The third-order valence-electron chi connectivity index (χ3n) is 3.75. The summed E-state index contributed by atoms with van der Waals surface area (Å²) in [4.78, 5) is 23.8. The summed E-state index contributed by atoms with van der Waals surface area (Å²) in [7, 11) is 1.38. The van der Waals surface area contributed by atoms with Crippen molar-refractivity contribution in [1.29, 1.82) is 0 Å². The number of amides is 1. The molecule has 1 amide bonds. The van der Waals surface area contributed by atoms with Crippen LogP contribution in [0.4, 0.5) is 13.2 Å². The molecule has 0 spiro atoms. The minimum absolute atomic E-state index is 0.0231. The van der Waals surface area contributed by atoms with Gasteiger partial charge in [-0.3, -0.25) is 9.48 Å². The van der Waals surface area contributed by atoms with Gasteiger partial charge in [0, 0.05) is 6.20 Å². The number of alkyl halides is 3. The van der Waals surface area contributed by atoms with E-state index < -0.39 is 30.3 Å². The van der Waals surface area contributed by atoms with Crippen LogP contribution in [0, 0.1) is 0 Å². The van der Waals surface area contributed by atoms with Crippen molar-refractivity contribution in [2.45, 2.75) is 12.7 Å². The van der Waals surface area contributed by atoms with Gasteiger partial charge >= 0.3 is 12.1 Å². The molecule has 1 aromatic carbocycles. The number of hydrazone groups is 1. The molecule has 0 unspecified atom stereocenters. The number of nitrogens with one attached hydrogen (secondary N) is 1. The summed E-state index contributed by atoms with van der Waals surface area (Å²) >= 11 is 0. The number of nitrogens with zero attached hydrogens (tertiary/aromatic N) is 3. The van der Waals surface area contributed by atoms with Crippen LogP contribution < -0.4 is 14.9 Å². The Morgan fingerprint density at radius 3 is 2.71 bits per heavy atom. The molecular formula is C19H15F3N4O5. The molecule has 0 radical (unpaired) electrons. The largest absolute Gasteiger partial charge is 0.493 e. The van der Waals surface area contributed by atoms with Gasteiger partial charge in [0.1, 0.15) is 6.54 Å². The molecule has 9 nitrogen and oxygen atoms in total. The predicted octanol–water partition coefficient (Wildman–Crippen LogP) is 2.87. The number of ether oxygens (including phenoxy) is 2. The van der Waals surface area contributed by atoms with E-state index in [0.717, 1.165) is 16.9 Å². The maximum atomic E-state index is 12.5. The first kappa shape index (κ1) is 21.6. The molecule has 0 fully saturated rings. The topological polar surface area (TPSA) is 108 Å². The van der Waals surface area contributed by atoms with Gasteiger partial charge in [0.15, 0.2) is 17.2 Å². The van der Waals surface area contributed by atoms with Crippen LogP contribution in [-0.2, 0) is 17.5 Å². The Labute approximate surface area is 173 Å². The molecule has 31 heavy (non-hydrogen) atoms. The zero-order valence-corrected chi connectivity index (χ0v) is 15.9. The summed E-state index contributed by atoms with van der Waals surface area (Å²) in [6, 6.07) is 8.28. The number of halogens is 3. The Bertz CT molecular complexity index is 1090. The molecule has 162 valence electrons. The monoisotopic (exact) mass is 436 g/mol. The first-order valence-electron chi connectivity index (χ1n) is 8.62. The van der Waals surface area contributed by atoms with Crippen molar-refractivity contribution in [3.63, 3.8) is 0 Å². The van der Waals surface area contributed by atoms with E-state index in [1.165, 1.54) is 37.8 Å². The van der Waals surface area contributed by atoms with Gasteiger partial charge in [0.25, 0.3) is 5.91 Å². The number of carbonyl (C=O) groups is 2. The lowest BCUT2D eigenvalue weighted by atomic mass is 10.2. The Morgan fingerprint density at radius 1 is 1.26 bits per heavy atom. The Kier molecular flexibility index (Phi) is 6.38. The molecule has 12 heteroatoms. The van der Waals surface area contributed by atoms with Gasteiger partial charge in [-0.05, 0) is 42.0 Å². The van der Waals surface area contributed by atoms with Crippen molar-refractivity contribution in [2.24, 2.45) is 5.10 Å². The lowest BCUT2D eigenvalue weighted by molar-refractivity contribution is -0.141. The van der Waals surface area contributed by atoms with Gasteiger partial charge in [-0.15, -0.1) is 0 Å². The first-order valence-corrected chi connectivity index (χ1v) is 8.62. The Hall–Kier alpha value is -4.09. The Morgan fingerprint density at radius 2 is 2.06 bits per heavy atom. The van der Waals surface area contributed by atoms with Gasteiger partial charge in [0.2, 0.25) is 5.76 Å². The number of aromatic nitrogens is 2. The molecule has 0 bridgehead atoms. The third kappa shape index (κ3) is 5.72. The second kappa shape index (κ2) is 9.15. The molecule has 1 N–H and O–H groups in total.